The Balaban J connectivity index is 1.62. The third kappa shape index (κ3) is 4.25. The van der Waals surface area contributed by atoms with E-state index in [1.807, 2.05) is 25.1 Å². The van der Waals surface area contributed by atoms with E-state index in [1.54, 1.807) is 6.07 Å². The van der Waals surface area contributed by atoms with Crippen LogP contribution in [0.3, 0.4) is 0 Å². The van der Waals surface area contributed by atoms with E-state index in [0.29, 0.717) is 11.8 Å². The summed E-state index contributed by atoms with van der Waals surface area (Å²) in [5.74, 6) is 0.852. The smallest absolute Gasteiger partial charge is 0.231 e. The molecule has 23 heavy (non-hydrogen) atoms. The summed E-state index contributed by atoms with van der Waals surface area (Å²) in [6.07, 6.45) is 2.01. The molecule has 1 fully saturated rings. The quantitative estimate of drug-likeness (QED) is 0.782. The van der Waals surface area contributed by atoms with Crippen molar-refractivity contribution < 1.29 is 13.2 Å². The SMILES string of the molecule is CC(CC1CC1c1ccc(-c2cccc(F)c2)cc1)NS(=O)O. The molecular formula is C18H20FNO2S. The second-order valence-corrected chi connectivity index (χ2v) is 6.97. The summed E-state index contributed by atoms with van der Waals surface area (Å²) in [7, 11) is 0. The first-order valence-corrected chi connectivity index (χ1v) is 8.86. The van der Waals surface area contributed by atoms with Crippen LogP contribution in [0, 0.1) is 11.7 Å². The fraction of sp³-hybridized carbons (Fsp3) is 0.333. The number of hydrogen-bond acceptors (Lipinski definition) is 1. The zero-order valence-electron chi connectivity index (χ0n) is 12.9. The van der Waals surface area contributed by atoms with E-state index >= 15 is 0 Å². The lowest BCUT2D eigenvalue weighted by molar-refractivity contribution is 0.506. The molecule has 0 spiro atoms. The molecule has 1 aliphatic rings. The zero-order valence-corrected chi connectivity index (χ0v) is 13.7. The van der Waals surface area contributed by atoms with E-state index in [4.69, 9.17) is 4.55 Å². The van der Waals surface area contributed by atoms with Crippen LogP contribution in [-0.2, 0) is 11.3 Å². The first-order chi connectivity index (χ1) is 11.0. The molecule has 5 heteroatoms. The average molecular weight is 333 g/mol. The Labute approximate surface area is 138 Å². The van der Waals surface area contributed by atoms with Crippen molar-refractivity contribution in [3.05, 3.63) is 59.9 Å². The van der Waals surface area contributed by atoms with Crippen LogP contribution in [0.5, 0.6) is 0 Å². The van der Waals surface area contributed by atoms with Crippen molar-refractivity contribution in [1.82, 2.24) is 4.72 Å². The molecule has 4 unspecified atom stereocenters. The molecule has 4 atom stereocenters. The van der Waals surface area contributed by atoms with Gasteiger partial charge in [-0.05, 0) is 60.4 Å². The minimum absolute atomic E-state index is 0.0300. The van der Waals surface area contributed by atoms with Gasteiger partial charge in [0.2, 0.25) is 11.3 Å². The molecule has 3 rings (SSSR count). The zero-order chi connectivity index (χ0) is 16.4. The third-order valence-electron chi connectivity index (χ3n) is 4.38. The number of halogens is 1. The van der Waals surface area contributed by atoms with Crippen LogP contribution in [0.1, 0.15) is 31.2 Å². The van der Waals surface area contributed by atoms with Crippen LogP contribution in [0.2, 0.25) is 0 Å². The van der Waals surface area contributed by atoms with Crippen molar-refractivity contribution in [3.8, 4) is 11.1 Å². The molecule has 122 valence electrons. The second kappa shape index (κ2) is 6.91. The van der Waals surface area contributed by atoms with Crippen molar-refractivity contribution in [2.45, 2.75) is 31.7 Å². The van der Waals surface area contributed by atoms with Gasteiger partial charge in [0.1, 0.15) is 5.82 Å². The Morgan fingerprint density at radius 3 is 2.65 bits per heavy atom. The molecule has 0 amide bonds. The van der Waals surface area contributed by atoms with Crippen molar-refractivity contribution in [2.75, 3.05) is 0 Å². The summed E-state index contributed by atoms with van der Waals surface area (Å²) >= 11 is -1.95. The lowest BCUT2D eigenvalue weighted by atomic mass is 10.0. The molecule has 2 aromatic rings. The standard InChI is InChI=1S/C18H20FNO2S/c1-12(20-23(21)22)9-16-11-18(16)14-7-5-13(6-8-14)15-3-2-4-17(19)10-15/h2-8,10,12,16,18,20H,9,11H2,1H3,(H,21,22). The summed E-state index contributed by atoms with van der Waals surface area (Å²) < 4.78 is 35.5. The lowest BCUT2D eigenvalue weighted by Gasteiger charge is -2.10. The minimum atomic E-state index is -1.95. The molecule has 0 aliphatic heterocycles. The maximum absolute atomic E-state index is 13.3. The first-order valence-electron chi connectivity index (χ1n) is 7.76. The first kappa shape index (κ1) is 16.3. The highest BCUT2D eigenvalue weighted by Gasteiger charge is 2.38. The van der Waals surface area contributed by atoms with Crippen LogP contribution in [0.15, 0.2) is 48.5 Å². The number of rotatable bonds is 6. The largest absolute Gasteiger partial charge is 0.294 e. The van der Waals surface area contributed by atoms with Crippen LogP contribution in [0.4, 0.5) is 4.39 Å². The normalized spacial score (nSPS) is 22.6. The predicted octanol–water partition coefficient (Wildman–Crippen LogP) is 4.10. The van der Waals surface area contributed by atoms with E-state index in [9.17, 15) is 8.60 Å². The monoisotopic (exact) mass is 333 g/mol. The van der Waals surface area contributed by atoms with Crippen LogP contribution >= 0.6 is 0 Å². The van der Waals surface area contributed by atoms with Crippen LogP contribution < -0.4 is 4.72 Å². The van der Waals surface area contributed by atoms with Gasteiger partial charge in [0.05, 0.1) is 0 Å². The number of hydrogen-bond donors (Lipinski definition) is 2. The van der Waals surface area contributed by atoms with Crippen molar-refractivity contribution in [2.24, 2.45) is 5.92 Å². The third-order valence-corrected chi connectivity index (χ3v) is 4.98. The Morgan fingerprint density at radius 2 is 2.00 bits per heavy atom. The maximum atomic E-state index is 13.3. The summed E-state index contributed by atoms with van der Waals surface area (Å²) in [6, 6.07) is 14.9. The molecule has 3 nitrogen and oxygen atoms in total. The molecule has 1 saturated carbocycles. The van der Waals surface area contributed by atoms with Crippen LogP contribution in [0.25, 0.3) is 11.1 Å². The van der Waals surface area contributed by atoms with E-state index in [2.05, 4.69) is 16.9 Å². The van der Waals surface area contributed by atoms with Gasteiger partial charge < -0.3 is 0 Å². The highest BCUT2D eigenvalue weighted by atomic mass is 32.2. The Hall–Kier alpha value is -1.56. The summed E-state index contributed by atoms with van der Waals surface area (Å²) in [5, 5.41) is 0. The van der Waals surface area contributed by atoms with Gasteiger partial charge in [0, 0.05) is 6.04 Å². The number of nitrogens with one attached hydrogen (secondary N) is 1. The molecule has 2 N–H and O–H groups in total. The van der Waals surface area contributed by atoms with Gasteiger partial charge in [-0.3, -0.25) is 4.55 Å². The summed E-state index contributed by atoms with van der Waals surface area (Å²) in [6.45, 7) is 1.93. The van der Waals surface area contributed by atoms with E-state index < -0.39 is 11.3 Å². The Bertz CT molecular complexity index is 704. The molecule has 0 bridgehead atoms. The molecule has 0 heterocycles. The average Bonchev–Trinajstić information content (AvgIpc) is 3.25. The second-order valence-electron chi connectivity index (χ2n) is 6.24. The van der Waals surface area contributed by atoms with Gasteiger partial charge in [0.15, 0.2) is 0 Å². The highest BCUT2D eigenvalue weighted by Crippen LogP contribution is 2.50. The predicted molar refractivity (Wildman–Crippen MR) is 90.7 cm³/mol. The van der Waals surface area contributed by atoms with E-state index in [0.717, 1.165) is 24.0 Å². The van der Waals surface area contributed by atoms with Gasteiger partial charge in [-0.1, -0.05) is 36.4 Å². The van der Waals surface area contributed by atoms with Crippen molar-refractivity contribution >= 4 is 11.3 Å². The van der Waals surface area contributed by atoms with Crippen LogP contribution in [-0.4, -0.2) is 14.8 Å². The fourth-order valence-electron chi connectivity index (χ4n) is 3.18. The molecule has 2 aromatic carbocycles. The topological polar surface area (TPSA) is 49.3 Å². The molecule has 0 saturated heterocycles. The molecule has 1 aliphatic carbocycles. The van der Waals surface area contributed by atoms with Crippen molar-refractivity contribution in [1.29, 1.82) is 0 Å². The van der Waals surface area contributed by atoms with Gasteiger partial charge in [-0.15, -0.1) is 0 Å². The van der Waals surface area contributed by atoms with Gasteiger partial charge >= 0.3 is 0 Å². The Morgan fingerprint density at radius 1 is 1.26 bits per heavy atom. The van der Waals surface area contributed by atoms with Gasteiger partial charge in [0.25, 0.3) is 0 Å². The fourth-order valence-corrected chi connectivity index (χ4v) is 3.62. The van der Waals surface area contributed by atoms with E-state index in [-0.39, 0.29) is 11.9 Å². The highest BCUT2D eigenvalue weighted by molar-refractivity contribution is 7.77. The molecule has 0 radical (unpaired) electrons. The summed E-state index contributed by atoms with van der Waals surface area (Å²) in [4.78, 5) is 0. The van der Waals surface area contributed by atoms with Gasteiger partial charge in [-0.25, -0.2) is 13.3 Å². The Kier molecular flexibility index (Phi) is 4.90. The minimum Gasteiger partial charge on any atom is -0.294 e. The summed E-state index contributed by atoms with van der Waals surface area (Å²) in [5.41, 5.74) is 3.18. The lowest BCUT2D eigenvalue weighted by Crippen LogP contribution is -2.28. The van der Waals surface area contributed by atoms with E-state index in [1.165, 1.54) is 17.7 Å². The maximum Gasteiger partial charge on any atom is 0.231 e. The molecule has 0 aromatic heterocycles. The van der Waals surface area contributed by atoms with Gasteiger partial charge in [-0.2, -0.15) is 0 Å². The number of benzene rings is 2. The van der Waals surface area contributed by atoms with Crippen molar-refractivity contribution in [3.63, 3.8) is 0 Å². The molecular weight excluding hydrogens is 313 g/mol.